The van der Waals surface area contributed by atoms with Crippen molar-refractivity contribution in [1.29, 1.82) is 0 Å². The zero-order chi connectivity index (χ0) is 18.1. The molecule has 2 atom stereocenters. The van der Waals surface area contributed by atoms with E-state index in [0.29, 0.717) is 0 Å². The normalized spacial score (nSPS) is 23.8. The zero-order valence-corrected chi connectivity index (χ0v) is 15.8. The van der Waals surface area contributed by atoms with Gasteiger partial charge in [-0.1, -0.05) is 0 Å². The molecule has 1 amide bonds. The number of anilines is 1. The quantitative estimate of drug-likeness (QED) is 0.772. The van der Waals surface area contributed by atoms with Gasteiger partial charge in [0.25, 0.3) is 5.91 Å². The van der Waals surface area contributed by atoms with Gasteiger partial charge in [0.1, 0.15) is 5.65 Å². The first kappa shape index (κ1) is 17.4. The highest BCUT2D eigenvalue weighted by Gasteiger charge is 2.25. The van der Waals surface area contributed by atoms with Gasteiger partial charge in [0, 0.05) is 48.4 Å². The highest BCUT2D eigenvalue weighted by Crippen LogP contribution is 2.32. The van der Waals surface area contributed by atoms with Gasteiger partial charge in [0.2, 0.25) is 0 Å². The fourth-order valence-corrected chi connectivity index (χ4v) is 4.76. The molecule has 0 radical (unpaired) electrons. The average molecular weight is 372 g/mol. The molecule has 0 unspecified atom stereocenters. The molecule has 4 rings (SSSR count). The highest BCUT2D eigenvalue weighted by molar-refractivity contribution is 8.04. The fourth-order valence-electron chi connectivity index (χ4n) is 3.86. The van der Waals surface area contributed by atoms with Crippen molar-refractivity contribution >= 4 is 34.4 Å². The lowest BCUT2D eigenvalue weighted by molar-refractivity contribution is -0.117. The van der Waals surface area contributed by atoms with Crippen LogP contribution in [0, 0.1) is 6.92 Å². The van der Waals surface area contributed by atoms with Crippen LogP contribution in [0.3, 0.4) is 0 Å². The maximum atomic E-state index is 12.7. The number of carbonyl (C=O) groups is 1. The van der Waals surface area contributed by atoms with E-state index in [-0.39, 0.29) is 18.0 Å². The summed E-state index contributed by atoms with van der Waals surface area (Å²) in [6.45, 7) is 2.95. The molecule has 2 aromatic rings. The summed E-state index contributed by atoms with van der Waals surface area (Å²) in [6.07, 6.45) is 9.82. The number of H-pyrrole nitrogens is 1. The molecule has 0 saturated heterocycles. The number of nitrogens with one attached hydrogen (secondary N) is 2. The van der Waals surface area contributed by atoms with Crippen LogP contribution < -0.4 is 16.0 Å². The summed E-state index contributed by atoms with van der Waals surface area (Å²) in [7, 11) is 0. The summed E-state index contributed by atoms with van der Waals surface area (Å²) in [4.78, 5) is 23.3. The van der Waals surface area contributed by atoms with Crippen LogP contribution in [0.4, 0.5) is 5.69 Å². The van der Waals surface area contributed by atoms with E-state index in [0.717, 1.165) is 65.2 Å². The zero-order valence-electron chi connectivity index (χ0n) is 15.0. The largest absolute Gasteiger partial charge is 0.349 e. The van der Waals surface area contributed by atoms with Gasteiger partial charge in [0.15, 0.2) is 0 Å². The molecule has 2 aromatic heterocycles. The molecule has 6 nitrogen and oxygen atoms in total. The SMILES string of the molecule is Cc1c[nH]c2nccc(N3C=C(C(=O)N[C@@H]4CCC[C@@H](N)C4)SCC3)c12. The summed E-state index contributed by atoms with van der Waals surface area (Å²) in [6, 6.07) is 2.42. The molecular formula is C19H25N5OS. The number of hydrogen-bond acceptors (Lipinski definition) is 5. The van der Waals surface area contributed by atoms with Gasteiger partial charge in [-0.05, 0) is 44.2 Å². The Labute approximate surface area is 157 Å². The minimum atomic E-state index is 0.0230. The Balaban J connectivity index is 1.55. The van der Waals surface area contributed by atoms with Gasteiger partial charge in [-0.25, -0.2) is 4.98 Å². The third-order valence-corrected chi connectivity index (χ3v) is 6.18. The Morgan fingerprint density at radius 1 is 1.46 bits per heavy atom. The van der Waals surface area contributed by atoms with Crippen molar-refractivity contribution in [2.75, 3.05) is 17.2 Å². The second-order valence-electron chi connectivity index (χ2n) is 7.16. The topological polar surface area (TPSA) is 87.0 Å². The van der Waals surface area contributed by atoms with Crippen molar-refractivity contribution < 1.29 is 4.79 Å². The van der Waals surface area contributed by atoms with Crippen LogP contribution in [0.25, 0.3) is 11.0 Å². The fraction of sp³-hybridized carbons (Fsp3) is 0.474. The number of carbonyl (C=O) groups excluding carboxylic acids is 1. The van der Waals surface area contributed by atoms with E-state index in [1.807, 2.05) is 24.7 Å². The number of fused-ring (bicyclic) bond motifs is 1. The number of hydrogen-bond donors (Lipinski definition) is 3. The number of aromatic nitrogens is 2. The Kier molecular flexibility index (Phi) is 4.91. The molecule has 7 heteroatoms. The van der Waals surface area contributed by atoms with E-state index in [1.165, 1.54) is 0 Å². The monoisotopic (exact) mass is 371 g/mol. The Morgan fingerprint density at radius 2 is 2.35 bits per heavy atom. The van der Waals surface area contributed by atoms with Gasteiger partial charge < -0.3 is 20.9 Å². The van der Waals surface area contributed by atoms with Crippen LogP contribution in [0.15, 0.2) is 29.6 Å². The van der Waals surface area contributed by atoms with Crippen molar-refractivity contribution in [1.82, 2.24) is 15.3 Å². The number of amides is 1. The third kappa shape index (κ3) is 3.46. The molecule has 2 aliphatic rings. The lowest BCUT2D eigenvalue weighted by Crippen LogP contribution is -2.43. The van der Waals surface area contributed by atoms with E-state index >= 15 is 0 Å². The van der Waals surface area contributed by atoms with Crippen LogP contribution in [0.1, 0.15) is 31.2 Å². The number of nitrogens with two attached hydrogens (primary N) is 1. The summed E-state index contributed by atoms with van der Waals surface area (Å²) < 4.78 is 0. The molecule has 1 aliphatic heterocycles. The van der Waals surface area contributed by atoms with Gasteiger partial charge in [-0.2, -0.15) is 0 Å². The third-order valence-electron chi connectivity index (χ3n) is 5.19. The first-order valence-corrected chi connectivity index (χ1v) is 10.2. The molecule has 26 heavy (non-hydrogen) atoms. The first-order chi connectivity index (χ1) is 12.6. The van der Waals surface area contributed by atoms with Crippen LogP contribution >= 0.6 is 11.8 Å². The van der Waals surface area contributed by atoms with Gasteiger partial charge in [0.05, 0.1) is 10.6 Å². The Hall–Kier alpha value is -1.99. The van der Waals surface area contributed by atoms with E-state index in [2.05, 4.69) is 27.1 Å². The number of pyridine rings is 1. The summed E-state index contributed by atoms with van der Waals surface area (Å²) in [5.74, 6) is 0.909. The minimum Gasteiger partial charge on any atom is -0.349 e. The van der Waals surface area contributed by atoms with E-state index in [9.17, 15) is 4.79 Å². The minimum absolute atomic E-state index is 0.0230. The van der Waals surface area contributed by atoms with Crippen molar-refractivity contribution in [2.24, 2.45) is 5.73 Å². The Morgan fingerprint density at radius 3 is 3.19 bits per heavy atom. The molecule has 4 N–H and O–H groups in total. The van der Waals surface area contributed by atoms with Crippen LogP contribution in [-0.2, 0) is 4.79 Å². The predicted molar refractivity (Wildman–Crippen MR) is 107 cm³/mol. The standard InChI is InChI=1S/C19H25N5OS/c1-12-10-22-18-17(12)15(5-6-21-18)24-7-8-26-16(11-24)19(25)23-14-4-2-3-13(20)9-14/h5-6,10-11,13-14H,2-4,7-9,20H2,1H3,(H,21,22)(H,23,25)/t13-,14-/m1/s1. The van der Waals surface area contributed by atoms with Crippen LogP contribution in [0.2, 0.25) is 0 Å². The molecule has 0 spiro atoms. The number of aromatic amines is 1. The van der Waals surface area contributed by atoms with Gasteiger partial charge >= 0.3 is 0 Å². The van der Waals surface area contributed by atoms with Gasteiger partial charge in [-0.3, -0.25) is 4.79 Å². The van der Waals surface area contributed by atoms with E-state index < -0.39 is 0 Å². The lowest BCUT2D eigenvalue weighted by atomic mass is 9.91. The molecule has 3 heterocycles. The van der Waals surface area contributed by atoms with E-state index in [1.54, 1.807) is 11.8 Å². The van der Waals surface area contributed by atoms with Crippen LogP contribution in [0.5, 0.6) is 0 Å². The molecule has 1 saturated carbocycles. The second kappa shape index (κ2) is 7.32. The van der Waals surface area contributed by atoms with E-state index in [4.69, 9.17) is 5.73 Å². The predicted octanol–water partition coefficient (Wildman–Crippen LogP) is 2.65. The number of aryl methyl sites for hydroxylation is 1. The van der Waals surface area contributed by atoms with Crippen LogP contribution in [-0.4, -0.2) is 40.3 Å². The average Bonchev–Trinajstić information content (AvgIpc) is 3.03. The van der Waals surface area contributed by atoms with Crippen molar-refractivity contribution in [3.63, 3.8) is 0 Å². The molecule has 0 aromatic carbocycles. The molecule has 1 aliphatic carbocycles. The maximum Gasteiger partial charge on any atom is 0.259 e. The smallest absolute Gasteiger partial charge is 0.259 e. The summed E-state index contributed by atoms with van der Waals surface area (Å²) >= 11 is 1.62. The Bertz CT molecular complexity index is 846. The first-order valence-electron chi connectivity index (χ1n) is 9.22. The number of nitrogens with zero attached hydrogens (tertiary/aromatic N) is 2. The molecule has 138 valence electrons. The van der Waals surface area contributed by atoms with Crippen molar-refractivity contribution in [2.45, 2.75) is 44.7 Å². The molecule has 0 bridgehead atoms. The molecule has 1 fully saturated rings. The van der Waals surface area contributed by atoms with Crippen molar-refractivity contribution in [3.05, 3.63) is 35.1 Å². The van der Waals surface area contributed by atoms with Gasteiger partial charge in [-0.15, -0.1) is 11.8 Å². The second-order valence-corrected chi connectivity index (χ2v) is 8.29. The maximum absolute atomic E-state index is 12.7. The summed E-state index contributed by atoms with van der Waals surface area (Å²) in [5.41, 5.74) is 9.19. The van der Waals surface area contributed by atoms with Crippen molar-refractivity contribution in [3.8, 4) is 0 Å². The summed E-state index contributed by atoms with van der Waals surface area (Å²) in [5, 5.41) is 4.30. The lowest BCUT2D eigenvalue weighted by Gasteiger charge is -2.30. The molecular weight excluding hydrogens is 346 g/mol. The number of thioether (sulfide) groups is 1. The highest BCUT2D eigenvalue weighted by atomic mass is 32.2. The number of rotatable bonds is 3.